The Labute approximate surface area is 129 Å². The number of nitrogens with one attached hydrogen (secondary N) is 1. The molecule has 1 saturated carbocycles. The summed E-state index contributed by atoms with van der Waals surface area (Å²) in [4.78, 5) is 10.9. The molecule has 0 radical (unpaired) electrons. The summed E-state index contributed by atoms with van der Waals surface area (Å²) in [5, 5.41) is 11.9. The summed E-state index contributed by atoms with van der Waals surface area (Å²) in [7, 11) is 0. The van der Waals surface area contributed by atoms with Crippen LogP contribution in [0.4, 0.5) is 5.95 Å². The van der Waals surface area contributed by atoms with E-state index < -0.39 is 0 Å². The fourth-order valence-corrected chi connectivity index (χ4v) is 2.95. The van der Waals surface area contributed by atoms with Crippen LogP contribution in [0.15, 0.2) is 18.5 Å². The molecule has 0 atom stereocenters. The first-order valence-corrected chi connectivity index (χ1v) is 8.03. The van der Waals surface area contributed by atoms with Crippen LogP contribution in [-0.2, 0) is 19.5 Å². The summed E-state index contributed by atoms with van der Waals surface area (Å²) < 4.78 is 2.25. The van der Waals surface area contributed by atoms with Crippen LogP contribution in [0.5, 0.6) is 0 Å². The van der Waals surface area contributed by atoms with Gasteiger partial charge in [0.05, 0.1) is 6.54 Å². The minimum Gasteiger partial charge on any atom is -0.347 e. The van der Waals surface area contributed by atoms with E-state index in [0.717, 1.165) is 43.6 Å². The molecule has 0 bridgehead atoms. The largest absolute Gasteiger partial charge is 0.347 e. The smallest absolute Gasteiger partial charge is 0.222 e. The van der Waals surface area contributed by atoms with Gasteiger partial charge < -0.3 is 14.8 Å². The molecule has 7 nitrogen and oxygen atoms in total. The van der Waals surface area contributed by atoms with E-state index in [2.05, 4.69) is 34.9 Å². The van der Waals surface area contributed by atoms with Crippen LogP contribution < -0.4 is 5.32 Å². The van der Waals surface area contributed by atoms with Crippen molar-refractivity contribution in [3.05, 3.63) is 30.1 Å². The molecule has 2 aromatic heterocycles. The van der Waals surface area contributed by atoms with Gasteiger partial charge in [-0.1, -0.05) is 0 Å². The van der Waals surface area contributed by atoms with Crippen molar-refractivity contribution in [1.29, 1.82) is 0 Å². The predicted molar refractivity (Wildman–Crippen MR) is 82.2 cm³/mol. The quantitative estimate of drug-likeness (QED) is 0.886. The number of aromatic nitrogens is 5. The average Bonchev–Trinajstić information content (AvgIpc) is 3.32. The van der Waals surface area contributed by atoms with Crippen molar-refractivity contribution in [2.45, 2.75) is 32.4 Å². The maximum Gasteiger partial charge on any atom is 0.222 e. The van der Waals surface area contributed by atoms with E-state index in [1.54, 1.807) is 12.4 Å². The van der Waals surface area contributed by atoms with Crippen LogP contribution in [0, 0.1) is 5.92 Å². The molecule has 2 aromatic rings. The second-order valence-corrected chi connectivity index (χ2v) is 6.10. The van der Waals surface area contributed by atoms with Gasteiger partial charge in [0, 0.05) is 45.0 Å². The molecule has 0 unspecified atom stereocenters. The number of hydrogen-bond donors (Lipinski definition) is 1. The highest BCUT2D eigenvalue weighted by atomic mass is 15.3. The average molecular weight is 299 g/mol. The van der Waals surface area contributed by atoms with Crippen molar-refractivity contribution in [2.75, 3.05) is 25.0 Å². The van der Waals surface area contributed by atoms with Gasteiger partial charge in [-0.3, -0.25) is 0 Å². The van der Waals surface area contributed by atoms with Gasteiger partial charge in [0.1, 0.15) is 5.82 Å². The van der Waals surface area contributed by atoms with Gasteiger partial charge in [0.25, 0.3) is 0 Å². The summed E-state index contributed by atoms with van der Waals surface area (Å²) in [5.41, 5.74) is 0. The number of fused-ring (bicyclic) bond motifs is 1. The summed E-state index contributed by atoms with van der Waals surface area (Å²) in [6, 6.07) is 1.81. The van der Waals surface area contributed by atoms with Gasteiger partial charge in [-0.25, -0.2) is 9.97 Å². The molecule has 1 N–H and O–H groups in total. The third-order valence-corrected chi connectivity index (χ3v) is 4.38. The third-order valence-electron chi connectivity index (χ3n) is 4.38. The molecule has 0 saturated heterocycles. The molecular weight excluding hydrogens is 278 g/mol. The molecule has 0 aromatic carbocycles. The standard InChI is InChI=1S/C15H21N7/c1-5-16-15(17-6-1)18-10-14-20-19-13-4-7-21(8-9-22(13)14)11-12-2-3-12/h1,5-6,12H,2-4,7-11H2,(H,16,17,18). The fourth-order valence-electron chi connectivity index (χ4n) is 2.95. The molecule has 1 fully saturated rings. The topological polar surface area (TPSA) is 71.8 Å². The van der Waals surface area contributed by atoms with Gasteiger partial charge >= 0.3 is 0 Å². The van der Waals surface area contributed by atoms with Crippen molar-refractivity contribution in [3.8, 4) is 0 Å². The van der Waals surface area contributed by atoms with E-state index >= 15 is 0 Å². The molecule has 1 aliphatic carbocycles. The first kappa shape index (κ1) is 13.6. The number of anilines is 1. The second kappa shape index (κ2) is 6.00. The Morgan fingerprint density at radius 3 is 2.77 bits per heavy atom. The fraction of sp³-hybridized carbons (Fsp3) is 0.600. The zero-order valence-electron chi connectivity index (χ0n) is 12.6. The van der Waals surface area contributed by atoms with Crippen LogP contribution >= 0.6 is 0 Å². The molecule has 7 heteroatoms. The van der Waals surface area contributed by atoms with E-state index in [9.17, 15) is 0 Å². The lowest BCUT2D eigenvalue weighted by atomic mass is 10.3. The van der Waals surface area contributed by atoms with Crippen LogP contribution in [0.2, 0.25) is 0 Å². The van der Waals surface area contributed by atoms with E-state index in [-0.39, 0.29) is 0 Å². The maximum absolute atomic E-state index is 4.36. The summed E-state index contributed by atoms with van der Waals surface area (Å²) in [6.45, 7) is 5.03. The molecule has 4 rings (SSSR count). The normalized spacial score (nSPS) is 18.7. The molecule has 0 amide bonds. The Hall–Kier alpha value is -2.02. The van der Waals surface area contributed by atoms with Crippen molar-refractivity contribution in [3.63, 3.8) is 0 Å². The highest BCUT2D eigenvalue weighted by Gasteiger charge is 2.26. The van der Waals surface area contributed by atoms with Gasteiger partial charge in [0.15, 0.2) is 5.82 Å². The summed E-state index contributed by atoms with van der Waals surface area (Å²) >= 11 is 0. The minimum absolute atomic E-state index is 0.611. The number of hydrogen-bond acceptors (Lipinski definition) is 6. The Morgan fingerprint density at radius 1 is 1.09 bits per heavy atom. The van der Waals surface area contributed by atoms with Crippen LogP contribution in [0.3, 0.4) is 0 Å². The highest BCUT2D eigenvalue weighted by molar-refractivity contribution is 5.22. The Kier molecular flexibility index (Phi) is 3.72. The lowest BCUT2D eigenvalue weighted by molar-refractivity contribution is 0.267. The molecule has 3 heterocycles. The lowest BCUT2D eigenvalue weighted by Crippen LogP contribution is -2.29. The molecule has 22 heavy (non-hydrogen) atoms. The molecule has 116 valence electrons. The minimum atomic E-state index is 0.611. The highest BCUT2D eigenvalue weighted by Crippen LogP contribution is 2.30. The van der Waals surface area contributed by atoms with Crippen molar-refractivity contribution in [2.24, 2.45) is 5.92 Å². The summed E-state index contributed by atoms with van der Waals surface area (Å²) in [5.74, 6) is 3.64. The third kappa shape index (κ3) is 3.09. The lowest BCUT2D eigenvalue weighted by Gasteiger charge is -2.19. The van der Waals surface area contributed by atoms with Gasteiger partial charge in [0.2, 0.25) is 5.95 Å². The molecule has 1 aliphatic heterocycles. The van der Waals surface area contributed by atoms with E-state index in [1.807, 2.05) is 6.07 Å². The van der Waals surface area contributed by atoms with Crippen molar-refractivity contribution in [1.82, 2.24) is 29.6 Å². The first-order chi connectivity index (χ1) is 10.9. The van der Waals surface area contributed by atoms with Gasteiger partial charge in [-0.05, 0) is 24.8 Å². The van der Waals surface area contributed by atoms with E-state index in [0.29, 0.717) is 12.5 Å². The van der Waals surface area contributed by atoms with Crippen LogP contribution in [-0.4, -0.2) is 49.3 Å². The van der Waals surface area contributed by atoms with Gasteiger partial charge in [-0.15, -0.1) is 10.2 Å². The van der Waals surface area contributed by atoms with E-state index in [4.69, 9.17) is 0 Å². The van der Waals surface area contributed by atoms with Crippen molar-refractivity contribution < 1.29 is 0 Å². The Balaban J connectivity index is 1.40. The van der Waals surface area contributed by atoms with Crippen LogP contribution in [0.1, 0.15) is 24.5 Å². The summed E-state index contributed by atoms with van der Waals surface area (Å²) in [6.07, 6.45) is 7.27. The number of rotatable bonds is 5. The zero-order valence-corrected chi connectivity index (χ0v) is 12.6. The first-order valence-electron chi connectivity index (χ1n) is 8.03. The molecular formula is C15H21N7. The SMILES string of the molecule is c1cnc(NCc2nnc3n2CCN(CC2CC2)CC3)nc1. The second-order valence-electron chi connectivity index (χ2n) is 6.10. The van der Waals surface area contributed by atoms with E-state index in [1.165, 1.54) is 19.4 Å². The predicted octanol–water partition coefficient (Wildman–Crippen LogP) is 0.948. The van der Waals surface area contributed by atoms with Crippen LogP contribution in [0.25, 0.3) is 0 Å². The number of nitrogens with zero attached hydrogens (tertiary/aromatic N) is 6. The zero-order chi connectivity index (χ0) is 14.8. The molecule has 2 aliphatic rings. The van der Waals surface area contributed by atoms with Crippen molar-refractivity contribution >= 4 is 5.95 Å². The molecule has 0 spiro atoms. The monoisotopic (exact) mass is 299 g/mol. The Bertz CT molecular complexity index is 620. The maximum atomic E-state index is 4.36. The van der Waals surface area contributed by atoms with Gasteiger partial charge in [-0.2, -0.15) is 0 Å². The Morgan fingerprint density at radius 2 is 1.95 bits per heavy atom.